The molecule has 1 atom stereocenters. The fourth-order valence-electron chi connectivity index (χ4n) is 1.72. The number of halogens is 1. The van der Waals surface area contributed by atoms with E-state index < -0.39 is 6.17 Å². The van der Waals surface area contributed by atoms with Gasteiger partial charge in [0, 0.05) is 25.8 Å². The van der Waals surface area contributed by atoms with E-state index in [4.69, 9.17) is 5.73 Å². The number of aromatic nitrogens is 1. The van der Waals surface area contributed by atoms with Gasteiger partial charge in [-0.05, 0) is 18.1 Å². The number of nitrogens with zero attached hydrogens (tertiary/aromatic N) is 2. The summed E-state index contributed by atoms with van der Waals surface area (Å²) in [7, 11) is 0. The Hall–Kier alpha value is -1.16. The Morgan fingerprint density at radius 1 is 1.57 bits per heavy atom. The molecule has 0 radical (unpaired) electrons. The van der Waals surface area contributed by atoms with Crippen LogP contribution in [0.25, 0.3) is 0 Å². The SMILES string of the molecule is Nc1ccc(CN2CC[C@@H](F)C2)cn1. The smallest absolute Gasteiger partial charge is 0.123 e. The van der Waals surface area contributed by atoms with E-state index in [9.17, 15) is 4.39 Å². The Balaban J connectivity index is 1.94. The van der Waals surface area contributed by atoms with Gasteiger partial charge in [-0.1, -0.05) is 6.07 Å². The first-order chi connectivity index (χ1) is 6.74. The molecule has 1 saturated heterocycles. The van der Waals surface area contributed by atoms with Gasteiger partial charge < -0.3 is 5.73 Å². The van der Waals surface area contributed by atoms with E-state index in [0.717, 1.165) is 18.7 Å². The quantitative estimate of drug-likeness (QED) is 0.771. The molecule has 0 spiro atoms. The zero-order valence-electron chi connectivity index (χ0n) is 7.99. The lowest BCUT2D eigenvalue weighted by molar-refractivity contribution is 0.282. The van der Waals surface area contributed by atoms with Crippen LogP contribution >= 0.6 is 0 Å². The average molecular weight is 195 g/mol. The van der Waals surface area contributed by atoms with E-state index in [1.54, 1.807) is 12.3 Å². The van der Waals surface area contributed by atoms with Crippen LogP contribution in [0.2, 0.25) is 0 Å². The minimum absolute atomic E-state index is 0.526. The molecule has 0 saturated carbocycles. The van der Waals surface area contributed by atoms with Crippen LogP contribution in [-0.4, -0.2) is 29.1 Å². The lowest BCUT2D eigenvalue weighted by atomic mass is 10.2. The van der Waals surface area contributed by atoms with Gasteiger partial charge >= 0.3 is 0 Å². The largest absolute Gasteiger partial charge is 0.384 e. The summed E-state index contributed by atoms with van der Waals surface area (Å²) in [6.07, 6.45) is 1.75. The minimum atomic E-state index is -0.656. The molecule has 1 aromatic heterocycles. The lowest BCUT2D eigenvalue weighted by Gasteiger charge is -2.13. The Morgan fingerprint density at radius 2 is 2.43 bits per heavy atom. The summed E-state index contributed by atoms with van der Waals surface area (Å²) in [5, 5.41) is 0. The molecule has 2 rings (SSSR count). The van der Waals surface area contributed by atoms with Crippen molar-refractivity contribution in [1.29, 1.82) is 0 Å². The highest BCUT2D eigenvalue weighted by Crippen LogP contribution is 2.15. The molecule has 1 fully saturated rings. The second-order valence-electron chi connectivity index (χ2n) is 3.71. The molecule has 14 heavy (non-hydrogen) atoms. The first kappa shape index (κ1) is 9.40. The number of nitrogens with two attached hydrogens (primary N) is 1. The normalized spacial score (nSPS) is 22.8. The second kappa shape index (κ2) is 3.92. The highest BCUT2D eigenvalue weighted by atomic mass is 19.1. The number of likely N-dealkylation sites (tertiary alicyclic amines) is 1. The highest BCUT2D eigenvalue weighted by molar-refractivity contribution is 5.29. The maximum Gasteiger partial charge on any atom is 0.123 e. The fourth-order valence-corrected chi connectivity index (χ4v) is 1.72. The van der Waals surface area contributed by atoms with Crippen LogP contribution < -0.4 is 5.73 Å². The predicted octanol–water partition coefficient (Wildman–Crippen LogP) is 1.21. The van der Waals surface area contributed by atoms with Crippen molar-refractivity contribution in [1.82, 2.24) is 9.88 Å². The molecule has 1 aliphatic rings. The zero-order chi connectivity index (χ0) is 9.97. The molecule has 4 heteroatoms. The van der Waals surface area contributed by atoms with E-state index in [-0.39, 0.29) is 0 Å². The minimum Gasteiger partial charge on any atom is -0.384 e. The van der Waals surface area contributed by atoms with Gasteiger partial charge in [0.15, 0.2) is 0 Å². The second-order valence-corrected chi connectivity index (χ2v) is 3.71. The molecule has 0 amide bonds. The number of rotatable bonds is 2. The van der Waals surface area contributed by atoms with Crippen molar-refractivity contribution >= 4 is 5.82 Å². The first-order valence-corrected chi connectivity index (χ1v) is 4.81. The Bertz CT molecular complexity index is 299. The van der Waals surface area contributed by atoms with Crippen LogP contribution in [-0.2, 0) is 6.54 Å². The summed E-state index contributed by atoms with van der Waals surface area (Å²) in [5.41, 5.74) is 6.56. The number of hydrogen-bond donors (Lipinski definition) is 1. The Labute approximate surface area is 82.7 Å². The molecule has 2 N–H and O–H groups in total. The average Bonchev–Trinajstić information content (AvgIpc) is 2.56. The van der Waals surface area contributed by atoms with E-state index in [2.05, 4.69) is 9.88 Å². The van der Waals surface area contributed by atoms with E-state index >= 15 is 0 Å². The molecule has 0 aromatic carbocycles. The molecule has 3 nitrogen and oxygen atoms in total. The van der Waals surface area contributed by atoms with Crippen LogP contribution in [0.1, 0.15) is 12.0 Å². The van der Waals surface area contributed by atoms with Gasteiger partial charge in [-0.15, -0.1) is 0 Å². The number of pyridine rings is 1. The first-order valence-electron chi connectivity index (χ1n) is 4.81. The Kier molecular flexibility index (Phi) is 2.63. The molecule has 0 bridgehead atoms. The topological polar surface area (TPSA) is 42.1 Å². The molecular formula is C10H14FN3. The Morgan fingerprint density at radius 3 is 3.00 bits per heavy atom. The molecule has 1 aromatic rings. The summed E-state index contributed by atoms with van der Waals surface area (Å²) in [6.45, 7) is 2.16. The summed E-state index contributed by atoms with van der Waals surface area (Å²) in [6, 6.07) is 3.71. The van der Waals surface area contributed by atoms with Crippen molar-refractivity contribution in [2.75, 3.05) is 18.8 Å². The van der Waals surface area contributed by atoms with Crippen LogP contribution in [0.3, 0.4) is 0 Å². The van der Waals surface area contributed by atoms with E-state index in [0.29, 0.717) is 18.8 Å². The zero-order valence-corrected chi connectivity index (χ0v) is 7.99. The molecule has 2 heterocycles. The van der Waals surface area contributed by atoms with Gasteiger partial charge in [0.2, 0.25) is 0 Å². The van der Waals surface area contributed by atoms with Crippen LogP contribution in [0.15, 0.2) is 18.3 Å². The van der Waals surface area contributed by atoms with Crippen molar-refractivity contribution < 1.29 is 4.39 Å². The molecule has 0 aliphatic carbocycles. The maximum absolute atomic E-state index is 12.9. The molecular weight excluding hydrogens is 181 g/mol. The number of alkyl halides is 1. The monoisotopic (exact) mass is 195 g/mol. The van der Waals surface area contributed by atoms with Crippen LogP contribution in [0, 0.1) is 0 Å². The fraction of sp³-hybridized carbons (Fsp3) is 0.500. The molecule has 1 aliphatic heterocycles. The lowest BCUT2D eigenvalue weighted by Crippen LogP contribution is -2.20. The van der Waals surface area contributed by atoms with Crippen LogP contribution in [0.4, 0.5) is 10.2 Å². The third kappa shape index (κ3) is 2.20. The summed E-state index contributed by atoms with van der Waals surface area (Å²) in [5.74, 6) is 0.526. The predicted molar refractivity (Wildman–Crippen MR) is 53.4 cm³/mol. The van der Waals surface area contributed by atoms with Gasteiger partial charge in [0.25, 0.3) is 0 Å². The number of hydrogen-bond acceptors (Lipinski definition) is 3. The van der Waals surface area contributed by atoms with E-state index in [1.807, 2.05) is 6.07 Å². The van der Waals surface area contributed by atoms with Gasteiger partial charge in [-0.2, -0.15) is 0 Å². The van der Waals surface area contributed by atoms with Gasteiger partial charge in [0.1, 0.15) is 12.0 Å². The van der Waals surface area contributed by atoms with Crippen molar-refractivity contribution in [3.05, 3.63) is 23.9 Å². The maximum atomic E-state index is 12.9. The third-order valence-electron chi connectivity index (χ3n) is 2.47. The van der Waals surface area contributed by atoms with Crippen molar-refractivity contribution in [3.63, 3.8) is 0 Å². The van der Waals surface area contributed by atoms with E-state index in [1.165, 1.54) is 0 Å². The molecule has 0 unspecified atom stereocenters. The van der Waals surface area contributed by atoms with Crippen LogP contribution in [0.5, 0.6) is 0 Å². The van der Waals surface area contributed by atoms with Gasteiger partial charge in [-0.25, -0.2) is 9.37 Å². The molecule has 76 valence electrons. The highest BCUT2D eigenvalue weighted by Gasteiger charge is 2.21. The van der Waals surface area contributed by atoms with Crippen molar-refractivity contribution in [3.8, 4) is 0 Å². The van der Waals surface area contributed by atoms with Crippen molar-refractivity contribution in [2.24, 2.45) is 0 Å². The summed E-state index contributed by atoms with van der Waals surface area (Å²) < 4.78 is 12.9. The number of anilines is 1. The third-order valence-corrected chi connectivity index (χ3v) is 2.47. The summed E-state index contributed by atoms with van der Waals surface area (Å²) >= 11 is 0. The number of nitrogen functional groups attached to an aromatic ring is 1. The van der Waals surface area contributed by atoms with Gasteiger partial charge in [0.05, 0.1) is 0 Å². The van der Waals surface area contributed by atoms with Crippen molar-refractivity contribution in [2.45, 2.75) is 19.1 Å². The summed E-state index contributed by atoms with van der Waals surface area (Å²) in [4.78, 5) is 6.09. The van der Waals surface area contributed by atoms with Gasteiger partial charge in [-0.3, -0.25) is 4.90 Å². The standard InChI is InChI=1S/C10H14FN3/c11-9-3-4-14(7-9)6-8-1-2-10(12)13-5-8/h1-2,5,9H,3-4,6-7H2,(H2,12,13)/t9-/m1/s1.